The first-order chi connectivity index (χ1) is 11.4. The van der Waals surface area contributed by atoms with E-state index in [0.717, 1.165) is 24.0 Å². The summed E-state index contributed by atoms with van der Waals surface area (Å²) in [5.41, 5.74) is -1.80. The van der Waals surface area contributed by atoms with Crippen LogP contribution in [-0.4, -0.2) is 55.0 Å². The zero-order chi connectivity index (χ0) is 18.6. The van der Waals surface area contributed by atoms with Crippen LogP contribution in [0.3, 0.4) is 0 Å². The predicted octanol–water partition coefficient (Wildman–Crippen LogP) is 1.12. The normalized spacial score (nSPS) is 57.2. The molecular formula is C20H32O5. The van der Waals surface area contributed by atoms with Gasteiger partial charge in [-0.3, -0.25) is 0 Å². The SMILES string of the molecule is CC1=C2CC[C@@H]3[C@@H](O)[C@@]2(C[C@H](O)[C@@]2(O)[C@H]1C[C@H](O)C2(C)C)C[C@@]3(C)O. The van der Waals surface area contributed by atoms with Crippen molar-refractivity contribution in [3.05, 3.63) is 11.1 Å². The Morgan fingerprint density at radius 3 is 2.28 bits per heavy atom. The first kappa shape index (κ1) is 17.9. The Hall–Kier alpha value is -0.460. The fourth-order valence-electron chi connectivity index (χ4n) is 7.10. The lowest BCUT2D eigenvalue weighted by Crippen LogP contribution is -2.57. The molecule has 4 aliphatic carbocycles. The van der Waals surface area contributed by atoms with E-state index in [2.05, 4.69) is 0 Å². The largest absolute Gasteiger partial charge is 0.392 e. The van der Waals surface area contributed by atoms with Gasteiger partial charge in [-0.05, 0) is 46.0 Å². The summed E-state index contributed by atoms with van der Waals surface area (Å²) < 4.78 is 0. The van der Waals surface area contributed by atoms with Crippen molar-refractivity contribution in [1.82, 2.24) is 0 Å². The first-order valence-corrected chi connectivity index (χ1v) is 9.58. The lowest BCUT2D eigenvalue weighted by atomic mass is 9.64. The summed E-state index contributed by atoms with van der Waals surface area (Å²) in [6, 6.07) is 0. The summed E-state index contributed by atoms with van der Waals surface area (Å²) in [5, 5.41) is 55.3. The molecule has 8 atom stereocenters. The summed E-state index contributed by atoms with van der Waals surface area (Å²) in [7, 11) is 0. The van der Waals surface area contributed by atoms with Crippen LogP contribution in [0.15, 0.2) is 11.1 Å². The molecule has 0 aromatic heterocycles. The van der Waals surface area contributed by atoms with Gasteiger partial charge in [-0.2, -0.15) is 0 Å². The third-order valence-electron chi connectivity index (χ3n) is 8.65. The summed E-state index contributed by atoms with van der Waals surface area (Å²) in [4.78, 5) is 0. The summed E-state index contributed by atoms with van der Waals surface area (Å²) >= 11 is 0. The molecule has 0 radical (unpaired) electrons. The zero-order valence-corrected chi connectivity index (χ0v) is 15.7. The Labute approximate surface area is 149 Å². The molecule has 1 spiro atoms. The molecule has 0 unspecified atom stereocenters. The minimum atomic E-state index is -1.43. The quantitative estimate of drug-likeness (QED) is 0.421. The molecular weight excluding hydrogens is 320 g/mol. The smallest absolute Gasteiger partial charge is 0.105 e. The molecule has 0 heterocycles. The highest BCUT2D eigenvalue weighted by Crippen LogP contribution is 2.66. The summed E-state index contributed by atoms with van der Waals surface area (Å²) in [6.45, 7) is 7.40. The minimum Gasteiger partial charge on any atom is -0.392 e. The molecule has 2 bridgehead atoms. The number of rotatable bonds is 0. The second kappa shape index (κ2) is 4.87. The molecule has 4 aliphatic rings. The van der Waals surface area contributed by atoms with Gasteiger partial charge in [-0.25, -0.2) is 0 Å². The Morgan fingerprint density at radius 2 is 1.64 bits per heavy atom. The van der Waals surface area contributed by atoms with Gasteiger partial charge in [0, 0.05) is 22.7 Å². The molecule has 3 saturated carbocycles. The van der Waals surface area contributed by atoms with Gasteiger partial charge in [0.15, 0.2) is 0 Å². The lowest BCUT2D eigenvalue weighted by Gasteiger charge is -2.46. The van der Waals surface area contributed by atoms with E-state index in [1.54, 1.807) is 6.92 Å². The molecule has 5 nitrogen and oxygen atoms in total. The minimum absolute atomic E-state index is 0.192. The monoisotopic (exact) mass is 352 g/mol. The van der Waals surface area contributed by atoms with E-state index in [1.165, 1.54) is 0 Å². The molecule has 3 fully saturated rings. The van der Waals surface area contributed by atoms with Crippen LogP contribution in [0.2, 0.25) is 0 Å². The molecule has 0 aliphatic heterocycles. The Kier molecular flexibility index (Phi) is 3.49. The van der Waals surface area contributed by atoms with Crippen LogP contribution in [0.25, 0.3) is 0 Å². The summed E-state index contributed by atoms with van der Waals surface area (Å²) in [5.74, 6) is -0.515. The molecule has 0 amide bonds. The molecule has 0 aromatic carbocycles. The van der Waals surface area contributed by atoms with Crippen LogP contribution in [0.4, 0.5) is 0 Å². The maximum atomic E-state index is 11.6. The maximum absolute atomic E-state index is 11.6. The second-order valence-corrected chi connectivity index (χ2v) is 10.0. The van der Waals surface area contributed by atoms with Gasteiger partial charge in [0.1, 0.15) is 5.60 Å². The van der Waals surface area contributed by atoms with Gasteiger partial charge in [0.05, 0.1) is 23.9 Å². The van der Waals surface area contributed by atoms with Crippen LogP contribution in [0.1, 0.15) is 59.8 Å². The molecule has 0 aromatic rings. The number of hydrogen-bond donors (Lipinski definition) is 5. The van der Waals surface area contributed by atoms with Crippen molar-refractivity contribution in [2.45, 2.75) is 89.3 Å². The van der Waals surface area contributed by atoms with E-state index in [1.807, 2.05) is 20.8 Å². The molecule has 5 N–H and O–H groups in total. The highest BCUT2D eigenvalue weighted by Gasteiger charge is 2.70. The van der Waals surface area contributed by atoms with Crippen molar-refractivity contribution in [3.8, 4) is 0 Å². The highest BCUT2D eigenvalue weighted by molar-refractivity contribution is 5.38. The number of fused-ring (bicyclic) bond motifs is 2. The summed E-state index contributed by atoms with van der Waals surface area (Å²) in [6.07, 6.45) is 0.121. The third-order valence-corrected chi connectivity index (χ3v) is 8.65. The maximum Gasteiger partial charge on any atom is 0.105 e. The highest BCUT2D eigenvalue weighted by atomic mass is 16.4. The number of aliphatic hydroxyl groups is 5. The van der Waals surface area contributed by atoms with Gasteiger partial charge in [0.2, 0.25) is 0 Å². The van der Waals surface area contributed by atoms with Crippen molar-refractivity contribution < 1.29 is 25.5 Å². The zero-order valence-electron chi connectivity index (χ0n) is 15.7. The van der Waals surface area contributed by atoms with E-state index in [9.17, 15) is 25.5 Å². The van der Waals surface area contributed by atoms with E-state index in [-0.39, 0.29) is 18.3 Å². The molecule has 5 heteroatoms. The fraction of sp³-hybridized carbons (Fsp3) is 0.900. The van der Waals surface area contributed by atoms with E-state index in [4.69, 9.17) is 0 Å². The lowest BCUT2D eigenvalue weighted by molar-refractivity contribution is -0.173. The van der Waals surface area contributed by atoms with Crippen molar-refractivity contribution in [3.63, 3.8) is 0 Å². The average Bonchev–Trinajstić information content (AvgIpc) is 2.71. The fourth-order valence-corrected chi connectivity index (χ4v) is 7.10. The van der Waals surface area contributed by atoms with Crippen molar-refractivity contribution in [2.75, 3.05) is 0 Å². The van der Waals surface area contributed by atoms with Crippen molar-refractivity contribution >= 4 is 0 Å². The molecule has 4 rings (SSSR count). The molecule has 25 heavy (non-hydrogen) atoms. The van der Waals surface area contributed by atoms with E-state index in [0.29, 0.717) is 12.8 Å². The van der Waals surface area contributed by atoms with Crippen LogP contribution >= 0.6 is 0 Å². The molecule has 142 valence electrons. The van der Waals surface area contributed by atoms with Gasteiger partial charge in [-0.15, -0.1) is 0 Å². The van der Waals surface area contributed by atoms with Gasteiger partial charge >= 0.3 is 0 Å². The van der Waals surface area contributed by atoms with Gasteiger partial charge in [-0.1, -0.05) is 25.0 Å². The second-order valence-electron chi connectivity index (χ2n) is 10.0. The van der Waals surface area contributed by atoms with Crippen LogP contribution in [-0.2, 0) is 0 Å². The van der Waals surface area contributed by atoms with E-state index >= 15 is 0 Å². The van der Waals surface area contributed by atoms with Crippen LogP contribution in [0.5, 0.6) is 0 Å². The Bertz CT molecular complexity index is 638. The standard InChI is InChI=1S/C20H32O5/c1-10-11-5-6-12-16(23)19(11,9-18(12,4)24)8-15(22)20(25)13(10)7-14(21)17(20,2)3/h12-16,21-25H,5-9H2,1-4H3/t12-,13+,14+,15+,16-,18-,19+,20+/m1/s1. The Balaban J connectivity index is 1.91. The Morgan fingerprint density at radius 1 is 1.00 bits per heavy atom. The van der Waals surface area contributed by atoms with Gasteiger partial charge in [0.25, 0.3) is 0 Å². The molecule has 0 saturated heterocycles. The van der Waals surface area contributed by atoms with Gasteiger partial charge < -0.3 is 25.5 Å². The number of aliphatic hydroxyl groups excluding tert-OH is 3. The van der Waals surface area contributed by atoms with Crippen molar-refractivity contribution in [2.24, 2.45) is 22.7 Å². The topological polar surface area (TPSA) is 101 Å². The predicted molar refractivity (Wildman–Crippen MR) is 92.6 cm³/mol. The van der Waals surface area contributed by atoms with Crippen LogP contribution < -0.4 is 0 Å². The van der Waals surface area contributed by atoms with Crippen molar-refractivity contribution in [1.29, 1.82) is 0 Å². The first-order valence-electron chi connectivity index (χ1n) is 9.58. The third kappa shape index (κ3) is 1.86. The average molecular weight is 352 g/mol. The number of hydrogen-bond acceptors (Lipinski definition) is 5. The van der Waals surface area contributed by atoms with Crippen LogP contribution in [0, 0.1) is 22.7 Å². The van der Waals surface area contributed by atoms with E-state index < -0.39 is 40.3 Å².